The van der Waals surface area contributed by atoms with E-state index in [-0.39, 0.29) is 18.2 Å². The van der Waals surface area contributed by atoms with Crippen molar-refractivity contribution < 1.29 is 14.4 Å². The molecular formula is C19H26N6O3. The number of nitrogens with one attached hydrogen (secondary N) is 1. The van der Waals surface area contributed by atoms with Gasteiger partial charge in [-0.25, -0.2) is 4.79 Å². The molecule has 4 amide bonds. The molecule has 1 aliphatic carbocycles. The molecule has 28 heavy (non-hydrogen) atoms. The molecule has 150 valence electrons. The lowest BCUT2D eigenvalue weighted by Crippen LogP contribution is -2.52. The minimum absolute atomic E-state index is 0.0425. The zero-order valence-corrected chi connectivity index (χ0v) is 16.0. The number of imide groups is 1. The van der Waals surface area contributed by atoms with Crippen LogP contribution in [0.3, 0.4) is 0 Å². The van der Waals surface area contributed by atoms with E-state index in [0.29, 0.717) is 32.6 Å². The largest absolute Gasteiger partial charge is 0.352 e. The molecule has 9 heteroatoms. The Hall–Kier alpha value is -2.71. The van der Waals surface area contributed by atoms with Crippen molar-refractivity contribution in [2.45, 2.75) is 38.5 Å². The first-order valence-corrected chi connectivity index (χ1v) is 10.1. The average Bonchev–Trinajstić information content (AvgIpc) is 2.72. The third kappa shape index (κ3) is 4.07. The van der Waals surface area contributed by atoms with Crippen LogP contribution in [0, 0.1) is 0 Å². The average molecular weight is 386 g/mol. The van der Waals surface area contributed by atoms with Crippen LogP contribution in [0.15, 0.2) is 6.07 Å². The summed E-state index contributed by atoms with van der Waals surface area (Å²) in [5, 5.41) is 11.1. The molecule has 3 heterocycles. The first-order chi connectivity index (χ1) is 13.6. The standard InChI is InChI=1S/C19H26N6O3/c26-17-5-7-25(19(28)20-17)8-6-18(27)24-11-9-23(10-12-24)16-13-14-3-1-2-4-15(14)21-22-16/h13H,1-12H2,(H,20,26,28). The Balaban J connectivity index is 1.26. The van der Waals surface area contributed by atoms with Gasteiger partial charge in [0.2, 0.25) is 11.8 Å². The number of carbonyl (C=O) groups excluding carboxylic acids is 3. The molecule has 0 spiro atoms. The number of piperazine rings is 1. The highest BCUT2D eigenvalue weighted by atomic mass is 16.2. The van der Waals surface area contributed by atoms with E-state index in [2.05, 4.69) is 26.5 Å². The predicted molar refractivity (Wildman–Crippen MR) is 102 cm³/mol. The number of hydrogen-bond acceptors (Lipinski definition) is 6. The summed E-state index contributed by atoms with van der Waals surface area (Å²) in [6.45, 7) is 3.47. The molecule has 0 radical (unpaired) electrons. The molecule has 1 N–H and O–H groups in total. The summed E-state index contributed by atoms with van der Waals surface area (Å²) in [5.41, 5.74) is 2.44. The molecule has 0 saturated carbocycles. The van der Waals surface area contributed by atoms with Gasteiger partial charge in [0.05, 0.1) is 5.69 Å². The lowest BCUT2D eigenvalue weighted by atomic mass is 9.97. The number of anilines is 1. The van der Waals surface area contributed by atoms with Crippen LogP contribution >= 0.6 is 0 Å². The number of aryl methyl sites for hydroxylation is 2. The van der Waals surface area contributed by atoms with Crippen molar-refractivity contribution in [1.29, 1.82) is 0 Å². The SMILES string of the molecule is O=C1CCN(CCC(=O)N2CCN(c3cc4c(nn3)CCCC4)CC2)C(=O)N1. The summed E-state index contributed by atoms with van der Waals surface area (Å²) in [6, 6.07) is 1.76. The van der Waals surface area contributed by atoms with E-state index in [1.165, 1.54) is 23.3 Å². The van der Waals surface area contributed by atoms with Crippen LogP contribution in [0.1, 0.15) is 36.9 Å². The van der Waals surface area contributed by atoms with Gasteiger partial charge in [0.15, 0.2) is 5.82 Å². The molecule has 0 atom stereocenters. The van der Waals surface area contributed by atoms with Gasteiger partial charge in [0.25, 0.3) is 0 Å². The summed E-state index contributed by atoms with van der Waals surface area (Å²) >= 11 is 0. The minimum Gasteiger partial charge on any atom is -0.352 e. The van der Waals surface area contributed by atoms with E-state index in [0.717, 1.165) is 37.4 Å². The molecule has 2 saturated heterocycles. The Kier molecular flexibility index (Phi) is 5.40. The van der Waals surface area contributed by atoms with Gasteiger partial charge in [0.1, 0.15) is 0 Å². The van der Waals surface area contributed by atoms with Crippen LogP contribution in [0.5, 0.6) is 0 Å². The van der Waals surface area contributed by atoms with Crippen molar-refractivity contribution in [1.82, 2.24) is 25.3 Å². The molecule has 0 unspecified atom stereocenters. The Labute approximate surface area is 164 Å². The number of carbonyl (C=O) groups is 3. The van der Waals surface area contributed by atoms with Gasteiger partial charge >= 0.3 is 6.03 Å². The molecular weight excluding hydrogens is 360 g/mol. The fraction of sp³-hybridized carbons (Fsp3) is 0.632. The lowest BCUT2D eigenvalue weighted by molar-refractivity contribution is -0.131. The van der Waals surface area contributed by atoms with Gasteiger partial charge in [0, 0.05) is 52.1 Å². The van der Waals surface area contributed by atoms with E-state index < -0.39 is 6.03 Å². The molecule has 3 aliphatic rings. The number of amides is 4. The van der Waals surface area contributed by atoms with Gasteiger partial charge in [-0.1, -0.05) is 0 Å². The smallest absolute Gasteiger partial charge is 0.324 e. The van der Waals surface area contributed by atoms with Crippen LogP contribution < -0.4 is 10.2 Å². The molecule has 2 fully saturated rings. The van der Waals surface area contributed by atoms with E-state index in [1.54, 1.807) is 0 Å². The van der Waals surface area contributed by atoms with E-state index in [1.807, 2.05) is 4.90 Å². The molecule has 0 bridgehead atoms. The molecule has 0 aromatic carbocycles. The van der Waals surface area contributed by atoms with Gasteiger partial charge in [-0.05, 0) is 37.3 Å². The zero-order chi connectivity index (χ0) is 19.5. The van der Waals surface area contributed by atoms with Gasteiger partial charge < -0.3 is 14.7 Å². The topological polar surface area (TPSA) is 98.7 Å². The van der Waals surface area contributed by atoms with Crippen LogP contribution in [0.4, 0.5) is 10.6 Å². The summed E-state index contributed by atoms with van der Waals surface area (Å²) in [7, 11) is 0. The summed E-state index contributed by atoms with van der Waals surface area (Å²) in [6.07, 6.45) is 5.07. The van der Waals surface area contributed by atoms with E-state index in [9.17, 15) is 14.4 Å². The van der Waals surface area contributed by atoms with Crippen molar-refractivity contribution in [3.05, 3.63) is 17.3 Å². The normalized spacial score (nSPS) is 20.1. The molecule has 1 aromatic heterocycles. The fourth-order valence-electron chi connectivity index (χ4n) is 4.02. The zero-order valence-electron chi connectivity index (χ0n) is 16.0. The monoisotopic (exact) mass is 386 g/mol. The quantitative estimate of drug-likeness (QED) is 0.801. The van der Waals surface area contributed by atoms with Crippen LogP contribution in [-0.2, 0) is 22.4 Å². The number of hydrogen-bond donors (Lipinski definition) is 1. The second kappa shape index (κ2) is 8.12. The molecule has 2 aliphatic heterocycles. The third-order valence-corrected chi connectivity index (χ3v) is 5.75. The minimum atomic E-state index is -0.403. The Morgan fingerprint density at radius 2 is 1.79 bits per heavy atom. The van der Waals surface area contributed by atoms with Gasteiger partial charge in [-0.3, -0.25) is 14.9 Å². The number of rotatable bonds is 4. The molecule has 9 nitrogen and oxygen atoms in total. The first kappa shape index (κ1) is 18.6. The number of urea groups is 1. The molecule has 1 aromatic rings. The highest BCUT2D eigenvalue weighted by molar-refractivity contribution is 5.96. The molecule has 4 rings (SSSR count). The Morgan fingerprint density at radius 1 is 1.00 bits per heavy atom. The van der Waals surface area contributed by atoms with Crippen molar-refractivity contribution in [3.63, 3.8) is 0 Å². The van der Waals surface area contributed by atoms with E-state index in [4.69, 9.17) is 0 Å². The highest BCUT2D eigenvalue weighted by Crippen LogP contribution is 2.23. The Morgan fingerprint density at radius 3 is 2.57 bits per heavy atom. The summed E-state index contributed by atoms with van der Waals surface area (Å²) in [5.74, 6) is 0.692. The summed E-state index contributed by atoms with van der Waals surface area (Å²) < 4.78 is 0. The Bertz CT molecular complexity index is 775. The van der Waals surface area contributed by atoms with Crippen molar-refractivity contribution in [3.8, 4) is 0 Å². The number of aromatic nitrogens is 2. The summed E-state index contributed by atoms with van der Waals surface area (Å²) in [4.78, 5) is 41.0. The lowest BCUT2D eigenvalue weighted by Gasteiger charge is -2.36. The van der Waals surface area contributed by atoms with E-state index >= 15 is 0 Å². The van der Waals surface area contributed by atoms with Crippen molar-refractivity contribution in [2.24, 2.45) is 0 Å². The predicted octanol–water partition coefficient (Wildman–Crippen LogP) is 0.336. The second-order valence-electron chi connectivity index (χ2n) is 7.59. The maximum absolute atomic E-state index is 12.5. The third-order valence-electron chi connectivity index (χ3n) is 5.75. The number of fused-ring (bicyclic) bond motifs is 1. The second-order valence-corrected chi connectivity index (χ2v) is 7.59. The number of nitrogens with zero attached hydrogens (tertiary/aromatic N) is 5. The van der Waals surface area contributed by atoms with Crippen LogP contribution in [0.2, 0.25) is 0 Å². The van der Waals surface area contributed by atoms with Gasteiger partial charge in [-0.2, -0.15) is 5.10 Å². The maximum atomic E-state index is 12.5. The first-order valence-electron chi connectivity index (χ1n) is 10.1. The van der Waals surface area contributed by atoms with Crippen LogP contribution in [0.25, 0.3) is 0 Å². The van der Waals surface area contributed by atoms with Crippen molar-refractivity contribution >= 4 is 23.7 Å². The van der Waals surface area contributed by atoms with Crippen LogP contribution in [-0.4, -0.2) is 77.1 Å². The highest BCUT2D eigenvalue weighted by Gasteiger charge is 2.26. The van der Waals surface area contributed by atoms with Crippen molar-refractivity contribution in [2.75, 3.05) is 44.2 Å². The van der Waals surface area contributed by atoms with Gasteiger partial charge in [-0.15, -0.1) is 5.10 Å². The maximum Gasteiger partial charge on any atom is 0.324 e. The fourth-order valence-corrected chi connectivity index (χ4v) is 4.02.